The van der Waals surface area contributed by atoms with Gasteiger partial charge in [-0.25, -0.2) is 0 Å². The number of rotatable bonds is 2. The molecule has 0 spiro atoms. The van der Waals surface area contributed by atoms with Crippen molar-refractivity contribution >= 4 is 11.5 Å². The van der Waals surface area contributed by atoms with Gasteiger partial charge in [0.2, 0.25) is 5.91 Å². The van der Waals surface area contributed by atoms with Crippen LogP contribution in [0.25, 0.3) is 5.57 Å². The monoisotopic (exact) mass is 239 g/mol. The van der Waals surface area contributed by atoms with E-state index in [1.807, 2.05) is 11.0 Å². The third-order valence-electron chi connectivity index (χ3n) is 3.97. The number of fused-ring (bicyclic) bond motifs is 2. The Morgan fingerprint density at radius 3 is 2.72 bits per heavy atom. The molecule has 1 aromatic rings. The lowest BCUT2D eigenvalue weighted by atomic mass is 9.95. The molecule has 1 saturated heterocycles. The molecule has 1 aromatic carbocycles. The van der Waals surface area contributed by atoms with Crippen molar-refractivity contribution in [3.63, 3.8) is 0 Å². The third-order valence-corrected chi connectivity index (χ3v) is 3.97. The van der Waals surface area contributed by atoms with E-state index in [1.54, 1.807) is 0 Å². The van der Waals surface area contributed by atoms with Gasteiger partial charge in [0.05, 0.1) is 6.04 Å². The first-order chi connectivity index (χ1) is 8.79. The summed E-state index contributed by atoms with van der Waals surface area (Å²) >= 11 is 0. The number of carbonyl (C=O) groups is 1. The van der Waals surface area contributed by atoms with Gasteiger partial charge in [-0.1, -0.05) is 43.0 Å². The Kier molecular flexibility index (Phi) is 2.78. The second-order valence-electron chi connectivity index (χ2n) is 5.01. The minimum atomic E-state index is 0.0749. The molecule has 0 saturated carbocycles. The Labute approximate surface area is 108 Å². The normalized spacial score (nSPS) is 25.8. The molecular weight excluding hydrogens is 222 g/mol. The summed E-state index contributed by atoms with van der Waals surface area (Å²) in [7, 11) is 0. The Morgan fingerprint density at radius 2 is 2.06 bits per heavy atom. The molecule has 0 N–H and O–H groups in total. The largest absolute Gasteiger partial charge is 0.329 e. The van der Waals surface area contributed by atoms with E-state index >= 15 is 0 Å². The van der Waals surface area contributed by atoms with Crippen LogP contribution < -0.4 is 0 Å². The number of hydrogen-bond acceptors (Lipinski definition) is 1. The molecule has 2 unspecified atom stereocenters. The second kappa shape index (κ2) is 4.45. The van der Waals surface area contributed by atoms with Crippen LogP contribution in [0, 0.1) is 0 Å². The summed E-state index contributed by atoms with van der Waals surface area (Å²) in [4.78, 5) is 13.8. The van der Waals surface area contributed by atoms with Gasteiger partial charge >= 0.3 is 0 Å². The Balaban J connectivity index is 1.91. The van der Waals surface area contributed by atoms with Crippen molar-refractivity contribution < 1.29 is 4.79 Å². The molecule has 1 fully saturated rings. The molecular formula is C16H17NO. The molecule has 2 heteroatoms. The lowest BCUT2D eigenvalue weighted by Gasteiger charge is -2.33. The van der Waals surface area contributed by atoms with E-state index in [1.165, 1.54) is 17.2 Å². The molecule has 1 amide bonds. The highest BCUT2D eigenvalue weighted by Crippen LogP contribution is 2.38. The van der Waals surface area contributed by atoms with Gasteiger partial charge in [-0.15, -0.1) is 0 Å². The lowest BCUT2D eigenvalue weighted by molar-refractivity contribution is -0.128. The van der Waals surface area contributed by atoms with Crippen molar-refractivity contribution in [1.29, 1.82) is 0 Å². The van der Waals surface area contributed by atoms with E-state index in [0.717, 1.165) is 19.3 Å². The van der Waals surface area contributed by atoms with Crippen LogP contribution in [0.15, 0.2) is 49.1 Å². The quantitative estimate of drug-likeness (QED) is 0.726. The molecule has 2 aliphatic rings. The van der Waals surface area contributed by atoms with Gasteiger partial charge in [-0.3, -0.25) is 4.79 Å². The van der Waals surface area contributed by atoms with Crippen molar-refractivity contribution in [2.45, 2.75) is 31.3 Å². The van der Waals surface area contributed by atoms with E-state index in [-0.39, 0.29) is 11.9 Å². The summed E-state index contributed by atoms with van der Waals surface area (Å²) in [5, 5.41) is 0. The molecule has 0 radical (unpaired) electrons. The Morgan fingerprint density at radius 1 is 1.28 bits per heavy atom. The molecule has 18 heavy (non-hydrogen) atoms. The van der Waals surface area contributed by atoms with E-state index in [0.29, 0.717) is 6.04 Å². The van der Waals surface area contributed by atoms with Gasteiger partial charge in [0.1, 0.15) is 0 Å². The lowest BCUT2D eigenvalue weighted by Crippen LogP contribution is -2.41. The highest BCUT2D eigenvalue weighted by molar-refractivity contribution is 5.89. The predicted octanol–water partition coefficient (Wildman–Crippen LogP) is 3.02. The van der Waals surface area contributed by atoms with E-state index in [2.05, 4.69) is 36.9 Å². The van der Waals surface area contributed by atoms with Crippen molar-refractivity contribution in [1.82, 2.24) is 4.90 Å². The fraction of sp³-hybridized carbons (Fsp3) is 0.312. The number of amides is 1. The summed E-state index contributed by atoms with van der Waals surface area (Å²) in [6.07, 6.45) is 6.87. The minimum Gasteiger partial charge on any atom is -0.329 e. The van der Waals surface area contributed by atoms with Crippen molar-refractivity contribution in [2.75, 3.05) is 0 Å². The van der Waals surface area contributed by atoms with E-state index in [9.17, 15) is 4.79 Å². The minimum absolute atomic E-state index is 0.0749. The predicted molar refractivity (Wildman–Crippen MR) is 72.9 cm³/mol. The van der Waals surface area contributed by atoms with Crippen LogP contribution in [-0.4, -0.2) is 22.9 Å². The number of carbonyl (C=O) groups excluding carboxylic acids is 1. The average molecular weight is 239 g/mol. The van der Waals surface area contributed by atoms with Gasteiger partial charge in [-0.2, -0.15) is 0 Å². The van der Waals surface area contributed by atoms with Gasteiger partial charge in [0.25, 0.3) is 0 Å². The molecule has 0 aliphatic carbocycles. The van der Waals surface area contributed by atoms with Crippen LogP contribution in [0.3, 0.4) is 0 Å². The topological polar surface area (TPSA) is 20.3 Å². The molecule has 2 bridgehead atoms. The van der Waals surface area contributed by atoms with Gasteiger partial charge < -0.3 is 4.90 Å². The summed E-state index contributed by atoms with van der Waals surface area (Å²) in [6, 6.07) is 11.1. The Hall–Kier alpha value is -1.83. The summed E-state index contributed by atoms with van der Waals surface area (Å²) in [6.45, 7) is 3.60. The first-order valence-electron chi connectivity index (χ1n) is 6.50. The zero-order chi connectivity index (χ0) is 12.5. The molecule has 2 heterocycles. The van der Waals surface area contributed by atoms with Crippen molar-refractivity contribution in [3.05, 3.63) is 54.6 Å². The fourth-order valence-corrected chi connectivity index (χ4v) is 3.15. The second-order valence-corrected chi connectivity index (χ2v) is 5.01. The molecule has 2 nitrogen and oxygen atoms in total. The molecule has 92 valence electrons. The van der Waals surface area contributed by atoms with Gasteiger partial charge in [0.15, 0.2) is 0 Å². The van der Waals surface area contributed by atoms with Crippen molar-refractivity contribution in [3.8, 4) is 0 Å². The maximum absolute atomic E-state index is 11.8. The smallest absolute Gasteiger partial charge is 0.246 e. The molecule has 2 aliphatic heterocycles. The standard InChI is InChI=1S/C16H17NO/c1-2-16(18)17-14-8-9-15(17)11-13(10-14)12-6-4-3-5-7-12/h2-7,10,14-15H,1,8-9,11H2. The van der Waals surface area contributed by atoms with Crippen LogP contribution in [0.2, 0.25) is 0 Å². The van der Waals surface area contributed by atoms with E-state index in [4.69, 9.17) is 0 Å². The fourth-order valence-electron chi connectivity index (χ4n) is 3.15. The zero-order valence-corrected chi connectivity index (χ0v) is 10.4. The zero-order valence-electron chi connectivity index (χ0n) is 10.4. The summed E-state index contributed by atoms with van der Waals surface area (Å²) < 4.78 is 0. The maximum Gasteiger partial charge on any atom is 0.246 e. The molecule has 3 rings (SSSR count). The number of nitrogens with zero attached hydrogens (tertiary/aromatic N) is 1. The summed E-state index contributed by atoms with van der Waals surface area (Å²) in [5.74, 6) is 0.0749. The Bertz CT molecular complexity index is 503. The van der Waals surface area contributed by atoms with Crippen LogP contribution in [0.5, 0.6) is 0 Å². The van der Waals surface area contributed by atoms with Crippen LogP contribution in [-0.2, 0) is 4.79 Å². The SMILES string of the molecule is C=CC(=O)N1C2C=C(c3ccccc3)CC1CC2. The van der Waals surface area contributed by atoms with Crippen LogP contribution in [0.1, 0.15) is 24.8 Å². The number of benzene rings is 1. The van der Waals surface area contributed by atoms with Crippen LogP contribution in [0.4, 0.5) is 0 Å². The van der Waals surface area contributed by atoms with Gasteiger partial charge in [-0.05, 0) is 36.5 Å². The van der Waals surface area contributed by atoms with Crippen LogP contribution >= 0.6 is 0 Å². The third kappa shape index (κ3) is 1.78. The van der Waals surface area contributed by atoms with Gasteiger partial charge in [0, 0.05) is 6.04 Å². The van der Waals surface area contributed by atoms with E-state index < -0.39 is 0 Å². The first kappa shape index (κ1) is 11.3. The first-order valence-corrected chi connectivity index (χ1v) is 6.50. The average Bonchev–Trinajstić information content (AvgIpc) is 2.69. The maximum atomic E-state index is 11.8. The highest BCUT2D eigenvalue weighted by Gasteiger charge is 2.38. The number of hydrogen-bond donors (Lipinski definition) is 0. The molecule has 2 atom stereocenters. The highest BCUT2D eigenvalue weighted by atomic mass is 16.2. The summed E-state index contributed by atoms with van der Waals surface area (Å²) in [5.41, 5.74) is 2.68. The van der Waals surface area contributed by atoms with Crippen molar-refractivity contribution in [2.24, 2.45) is 0 Å². The molecule has 0 aromatic heterocycles.